The summed E-state index contributed by atoms with van der Waals surface area (Å²) in [5, 5.41) is 0. The van der Waals surface area contributed by atoms with E-state index < -0.39 is 0 Å². The number of ketones is 1. The zero-order valence-corrected chi connectivity index (χ0v) is 16.3. The van der Waals surface area contributed by atoms with Gasteiger partial charge in [0, 0.05) is 6.42 Å². The summed E-state index contributed by atoms with van der Waals surface area (Å²) in [6.07, 6.45) is 4.43. The van der Waals surface area contributed by atoms with E-state index in [1.807, 2.05) is 43.3 Å². The molecule has 0 bridgehead atoms. The Balaban J connectivity index is 1.98. The van der Waals surface area contributed by atoms with Crippen molar-refractivity contribution in [3.8, 4) is 23.0 Å². The summed E-state index contributed by atoms with van der Waals surface area (Å²) in [4.78, 5) is 12.2. The Morgan fingerprint density at radius 1 is 0.889 bits per heavy atom. The summed E-state index contributed by atoms with van der Waals surface area (Å²) in [7, 11) is 4.79. The number of methoxy groups -OCH3 is 3. The number of aryl methyl sites for hydroxylation is 1. The van der Waals surface area contributed by atoms with Crippen molar-refractivity contribution < 1.29 is 23.7 Å². The Labute approximate surface area is 160 Å². The lowest BCUT2D eigenvalue weighted by molar-refractivity contribution is -0.114. The van der Waals surface area contributed by atoms with Gasteiger partial charge in [-0.3, -0.25) is 4.79 Å². The second-order valence-corrected chi connectivity index (χ2v) is 5.83. The number of hydrogen-bond acceptors (Lipinski definition) is 5. The zero-order chi connectivity index (χ0) is 19.6. The summed E-state index contributed by atoms with van der Waals surface area (Å²) in [6, 6.07) is 11.3. The molecule has 0 fully saturated rings. The molecule has 0 amide bonds. The zero-order valence-electron chi connectivity index (χ0n) is 16.3. The Morgan fingerprint density at radius 3 is 2.22 bits per heavy atom. The van der Waals surface area contributed by atoms with Crippen LogP contribution in [0.1, 0.15) is 24.5 Å². The van der Waals surface area contributed by atoms with Crippen LogP contribution in [0.4, 0.5) is 0 Å². The number of carbonyl (C=O) groups is 1. The van der Waals surface area contributed by atoms with Gasteiger partial charge in [-0.2, -0.15) is 0 Å². The number of benzene rings is 2. The minimum atomic E-state index is 0.0542. The lowest BCUT2D eigenvalue weighted by Crippen LogP contribution is -1.99. The number of hydrogen-bond donors (Lipinski definition) is 0. The summed E-state index contributed by atoms with van der Waals surface area (Å²) in [6.45, 7) is 2.49. The normalized spacial score (nSPS) is 10.7. The van der Waals surface area contributed by atoms with Crippen LogP contribution >= 0.6 is 0 Å². The first-order valence-electron chi connectivity index (χ1n) is 8.84. The van der Waals surface area contributed by atoms with E-state index in [4.69, 9.17) is 18.9 Å². The van der Waals surface area contributed by atoms with E-state index in [0.29, 0.717) is 42.4 Å². The van der Waals surface area contributed by atoms with E-state index in [-0.39, 0.29) is 5.78 Å². The van der Waals surface area contributed by atoms with Crippen LogP contribution in [0, 0.1) is 0 Å². The van der Waals surface area contributed by atoms with E-state index in [2.05, 4.69) is 0 Å². The van der Waals surface area contributed by atoms with Gasteiger partial charge in [-0.05, 0) is 54.8 Å². The third-order valence-corrected chi connectivity index (χ3v) is 4.06. The summed E-state index contributed by atoms with van der Waals surface area (Å²) >= 11 is 0. The predicted octanol–water partition coefficient (Wildman–Crippen LogP) is 4.33. The van der Waals surface area contributed by atoms with Crippen LogP contribution in [-0.2, 0) is 11.2 Å². The molecule has 0 spiro atoms. The van der Waals surface area contributed by atoms with Crippen molar-refractivity contribution in [3.05, 3.63) is 53.6 Å². The number of carbonyl (C=O) groups excluding carboxylic acids is 1. The van der Waals surface area contributed by atoms with E-state index in [9.17, 15) is 4.79 Å². The molecule has 0 saturated carbocycles. The first kappa shape index (κ1) is 20.4. The molecular formula is C22H26O5. The fraction of sp³-hybridized carbons (Fsp3) is 0.318. The maximum absolute atomic E-state index is 12.2. The predicted molar refractivity (Wildman–Crippen MR) is 106 cm³/mol. The van der Waals surface area contributed by atoms with Crippen LogP contribution < -0.4 is 18.9 Å². The largest absolute Gasteiger partial charge is 0.493 e. The molecule has 0 atom stereocenters. The quantitative estimate of drug-likeness (QED) is 0.583. The summed E-state index contributed by atoms with van der Waals surface area (Å²) < 4.78 is 21.3. The minimum absolute atomic E-state index is 0.0542. The first-order valence-corrected chi connectivity index (χ1v) is 8.84. The lowest BCUT2D eigenvalue weighted by Gasteiger charge is -2.10. The van der Waals surface area contributed by atoms with Gasteiger partial charge in [0.05, 0.1) is 27.9 Å². The van der Waals surface area contributed by atoms with Crippen LogP contribution in [0.25, 0.3) is 6.08 Å². The Morgan fingerprint density at radius 2 is 1.56 bits per heavy atom. The number of ether oxygens (including phenoxy) is 4. The molecule has 0 heterocycles. The maximum Gasteiger partial charge on any atom is 0.161 e. The Bertz CT molecular complexity index is 795. The van der Waals surface area contributed by atoms with Crippen molar-refractivity contribution >= 4 is 11.9 Å². The van der Waals surface area contributed by atoms with Gasteiger partial charge in [-0.15, -0.1) is 0 Å². The molecule has 0 aliphatic carbocycles. The molecular weight excluding hydrogens is 344 g/mol. The fourth-order valence-electron chi connectivity index (χ4n) is 2.64. The van der Waals surface area contributed by atoms with Gasteiger partial charge in [0.1, 0.15) is 0 Å². The van der Waals surface area contributed by atoms with Crippen molar-refractivity contribution in [2.24, 2.45) is 0 Å². The first-order chi connectivity index (χ1) is 13.1. The van der Waals surface area contributed by atoms with E-state index in [1.54, 1.807) is 33.5 Å². The highest BCUT2D eigenvalue weighted by atomic mass is 16.5. The number of allylic oxidation sites excluding steroid dienone is 1. The van der Waals surface area contributed by atoms with Gasteiger partial charge in [0.2, 0.25) is 0 Å². The van der Waals surface area contributed by atoms with Gasteiger partial charge in [0.15, 0.2) is 28.8 Å². The van der Waals surface area contributed by atoms with Crippen molar-refractivity contribution in [3.63, 3.8) is 0 Å². The second-order valence-electron chi connectivity index (χ2n) is 5.83. The molecule has 0 N–H and O–H groups in total. The fourth-order valence-corrected chi connectivity index (χ4v) is 2.64. The average Bonchev–Trinajstić information content (AvgIpc) is 2.70. The highest BCUT2D eigenvalue weighted by Gasteiger charge is 2.07. The molecule has 0 aliphatic rings. The smallest absolute Gasteiger partial charge is 0.161 e. The molecule has 5 nitrogen and oxygen atoms in total. The Kier molecular flexibility index (Phi) is 7.74. The van der Waals surface area contributed by atoms with Gasteiger partial charge in [0.25, 0.3) is 0 Å². The van der Waals surface area contributed by atoms with Crippen molar-refractivity contribution in [1.29, 1.82) is 0 Å². The Hall–Kier alpha value is -2.95. The molecule has 0 aromatic heterocycles. The van der Waals surface area contributed by atoms with Gasteiger partial charge in [-0.1, -0.05) is 18.2 Å². The highest BCUT2D eigenvalue weighted by Crippen LogP contribution is 2.29. The monoisotopic (exact) mass is 370 g/mol. The third-order valence-electron chi connectivity index (χ3n) is 4.06. The highest BCUT2D eigenvalue weighted by molar-refractivity contribution is 5.93. The van der Waals surface area contributed by atoms with E-state index in [1.165, 1.54) is 0 Å². The standard InChI is InChI=1S/C22H26O5/c1-5-27-22-15-17(9-13-20(22)25-3)7-11-18(23)10-6-16-8-12-19(24-2)21(14-16)26-4/h6,8-10,12-15H,5,7,11H2,1-4H3. The average molecular weight is 370 g/mol. The molecule has 2 rings (SSSR count). The van der Waals surface area contributed by atoms with Crippen molar-refractivity contribution in [1.82, 2.24) is 0 Å². The maximum atomic E-state index is 12.2. The molecule has 2 aromatic rings. The van der Waals surface area contributed by atoms with Crippen molar-refractivity contribution in [2.75, 3.05) is 27.9 Å². The van der Waals surface area contributed by atoms with Crippen LogP contribution in [0.15, 0.2) is 42.5 Å². The summed E-state index contributed by atoms with van der Waals surface area (Å²) in [5.74, 6) is 2.74. The molecule has 5 heteroatoms. The van der Waals surface area contributed by atoms with Crippen LogP contribution in [0.3, 0.4) is 0 Å². The minimum Gasteiger partial charge on any atom is -0.493 e. The molecule has 0 radical (unpaired) electrons. The van der Waals surface area contributed by atoms with Crippen LogP contribution in [0.5, 0.6) is 23.0 Å². The van der Waals surface area contributed by atoms with E-state index >= 15 is 0 Å². The SMILES string of the molecule is CCOc1cc(CCC(=O)C=Cc2ccc(OC)c(OC)c2)ccc1OC. The molecule has 0 aliphatic heterocycles. The van der Waals surface area contributed by atoms with Gasteiger partial charge in [-0.25, -0.2) is 0 Å². The van der Waals surface area contributed by atoms with Gasteiger partial charge >= 0.3 is 0 Å². The van der Waals surface area contributed by atoms with Gasteiger partial charge < -0.3 is 18.9 Å². The molecule has 0 unspecified atom stereocenters. The molecule has 27 heavy (non-hydrogen) atoms. The van der Waals surface area contributed by atoms with E-state index in [0.717, 1.165) is 11.1 Å². The van der Waals surface area contributed by atoms with Crippen molar-refractivity contribution in [2.45, 2.75) is 19.8 Å². The summed E-state index contributed by atoms with van der Waals surface area (Å²) in [5.41, 5.74) is 1.91. The van der Waals surface area contributed by atoms with Crippen LogP contribution in [0.2, 0.25) is 0 Å². The van der Waals surface area contributed by atoms with Crippen LogP contribution in [-0.4, -0.2) is 33.7 Å². The molecule has 144 valence electrons. The lowest BCUT2D eigenvalue weighted by atomic mass is 10.1. The number of rotatable bonds is 10. The molecule has 0 saturated heterocycles. The third kappa shape index (κ3) is 5.78. The molecule has 2 aromatic carbocycles. The second kappa shape index (κ2) is 10.3. The topological polar surface area (TPSA) is 54.0 Å².